The molecule has 0 spiro atoms. The number of carbonyl (C=O) groups excluding carboxylic acids is 1. The minimum absolute atomic E-state index is 0.102. The van der Waals surface area contributed by atoms with Crippen LogP contribution in [-0.2, 0) is 0 Å². The summed E-state index contributed by atoms with van der Waals surface area (Å²) in [6.45, 7) is 0. The van der Waals surface area contributed by atoms with Crippen LogP contribution in [0.15, 0.2) is 30.3 Å². The molecule has 1 aromatic carbocycles. The molecule has 1 amide bonds. The lowest BCUT2D eigenvalue weighted by Gasteiger charge is -2.07. The lowest BCUT2D eigenvalue weighted by molar-refractivity contribution is 0.0964. The molecule has 82 valence electrons. The third-order valence-electron chi connectivity index (χ3n) is 2.44. The summed E-state index contributed by atoms with van der Waals surface area (Å²) < 4.78 is 0. The van der Waals surface area contributed by atoms with Crippen LogP contribution in [0.25, 0.3) is 10.9 Å². The van der Waals surface area contributed by atoms with E-state index in [-0.39, 0.29) is 5.91 Å². The molecule has 16 heavy (non-hydrogen) atoms. The molecule has 2 N–H and O–H groups in total. The Labute approximate surface area is 93.7 Å². The topological polar surface area (TPSA) is 54.0 Å². The number of para-hydroxylation sites is 1. The average Bonchev–Trinajstić information content (AvgIpc) is 2.36. The smallest absolute Gasteiger partial charge is 0.251 e. The first-order chi connectivity index (χ1) is 7.76. The molecular weight excluding hydrogens is 202 g/mol. The number of carbonyl (C=O) groups is 1. The van der Waals surface area contributed by atoms with Gasteiger partial charge in [0.05, 0.1) is 11.1 Å². The molecule has 4 nitrogen and oxygen atoms in total. The molecule has 0 aliphatic carbocycles. The second-order valence-electron chi connectivity index (χ2n) is 3.40. The maximum absolute atomic E-state index is 11.7. The Balaban J connectivity index is 2.73. The minimum atomic E-state index is -0.102. The van der Waals surface area contributed by atoms with Crippen molar-refractivity contribution in [3.05, 3.63) is 35.9 Å². The van der Waals surface area contributed by atoms with Gasteiger partial charge < -0.3 is 10.6 Å². The molecule has 0 fully saturated rings. The van der Waals surface area contributed by atoms with E-state index in [0.29, 0.717) is 11.4 Å². The first-order valence-corrected chi connectivity index (χ1v) is 5.06. The van der Waals surface area contributed by atoms with Gasteiger partial charge in [0.1, 0.15) is 5.82 Å². The number of hydrogen-bond donors (Lipinski definition) is 2. The molecule has 1 heterocycles. The summed E-state index contributed by atoms with van der Waals surface area (Å²) in [6, 6.07) is 9.34. The summed E-state index contributed by atoms with van der Waals surface area (Å²) in [5.41, 5.74) is 1.45. The van der Waals surface area contributed by atoms with Crippen LogP contribution in [0.4, 0.5) is 5.82 Å². The van der Waals surface area contributed by atoms with Gasteiger partial charge in [-0.1, -0.05) is 18.2 Å². The predicted octanol–water partition coefficient (Wildman–Crippen LogP) is 1.64. The number of benzene rings is 1. The van der Waals surface area contributed by atoms with Crippen LogP contribution < -0.4 is 10.6 Å². The number of nitrogens with one attached hydrogen (secondary N) is 2. The van der Waals surface area contributed by atoms with Crippen molar-refractivity contribution in [3.8, 4) is 0 Å². The van der Waals surface area contributed by atoms with Gasteiger partial charge >= 0.3 is 0 Å². The monoisotopic (exact) mass is 215 g/mol. The van der Waals surface area contributed by atoms with Gasteiger partial charge in [-0.2, -0.15) is 0 Å². The lowest BCUT2D eigenvalue weighted by atomic mass is 10.1. The summed E-state index contributed by atoms with van der Waals surface area (Å²) in [6.07, 6.45) is 0. The van der Waals surface area contributed by atoms with Crippen LogP contribution in [0.3, 0.4) is 0 Å². The summed E-state index contributed by atoms with van der Waals surface area (Å²) in [7, 11) is 3.40. The number of pyridine rings is 1. The highest BCUT2D eigenvalue weighted by Gasteiger charge is 2.10. The van der Waals surface area contributed by atoms with Crippen molar-refractivity contribution in [1.82, 2.24) is 10.3 Å². The maximum atomic E-state index is 11.7. The first kappa shape index (κ1) is 10.4. The SMILES string of the molecule is CNC(=O)c1cc(NC)nc2ccccc12. The fourth-order valence-corrected chi connectivity index (χ4v) is 1.63. The minimum Gasteiger partial charge on any atom is -0.373 e. The van der Waals surface area contributed by atoms with E-state index in [1.54, 1.807) is 20.2 Å². The van der Waals surface area contributed by atoms with Gasteiger partial charge in [-0.3, -0.25) is 4.79 Å². The van der Waals surface area contributed by atoms with E-state index < -0.39 is 0 Å². The van der Waals surface area contributed by atoms with Gasteiger partial charge in [-0.15, -0.1) is 0 Å². The molecule has 0 saturated heterocycles. The van der Waals surface area contributed by atoms with Gasteiger partial charge in [-0.05, 0) is 12.1 Å². The van der Waals surface area contributed by atoms with Crippen molar-refractivity contribution in [1.29, 1.82) is 0 Å². The van der Waals surface area contributed by atoms with Crippen LogP contribution in [0.5, 0.6) is 0 Å². The van der Waals surface area contributed by atoms with Gasteiger partial charge in [0.2, 0.25) is 0 Å². The molecule has 0 saturated carbocycles. The zero-order valence-corrected chi connectivity index (χ0v) is 9.24. The third kappa shape index (κ3) is 1.69. The van der Waals surface area contributed by atoms with Gasteiger partial charge in [0, 0.05) is 19.5 Å². The molecule has 2 aromatic rings. The van der Waals surface area contributed by atoms with E-state index in [1.165, 1.54) is 0 Å². The number of nitrogens with zero attached hydrogens (tertiary/aromatic N) is 1. The van der Waals surface area contributed by atoms with Gasteiger partial charge in [0.25, 0.3) is 5.91 Å². The highest BCUT2D eigenvalue weighted by atomic mass is 16.1. The number of rotatable bonds is 2. The zero-order valence-electron chi connectivity index (χ0n) is 9.24. The number of amides is 1. The number of hydrogen-bond acceptors (Lipinski definition) is 3. The Hall–Kier alpha value is -2.10. The quantitative estimate of drug-likeness (QED) is 0.800. The number of anilines is 1. The maximum Gasteiger partial charge on any atom is 0.251 e. The van der Waals surface area contributed by atoms with Gasteiger partial charge in [-0.25, -0.2) is 4.98 Å². The second-order valence-corrected chi connectivity index (χ2v) is 3.40. The standard InChI is InChI=1S/C12H13N3O/c1-13-11-7-9(12(16)14-2)8-5-3-4-6-10(8)15-11/h3-7H,1-2H3,(H,13,15)(H,14,16). The Morgan fingerprint density at radius 3 is 2.69 bits per heavy atom. The van der Waals surface area contributed by atoms with E-state index in [0.717, 1.165) is 10.9 Å². The molecule has 2 rings (SSSR count). The number of aromatic nitrogens is 1. The van der Waals surface area contributed by atoms with Crippen molar-refractivity contribution < 1.29 is 4.79 Å². The molecule has 0 bridgehead atoms. The van der Waals surface area contributed by atoms with Crippen molar-refractivity contribution >= 4 is 22.6 Å². The highest BCUT2D eigenvalue weighted by Crippen LogP contribution is 2.20. The van der Waals surface area contributed by atoms with E-state index in [4.69, 9.17) is 0 Å². The average molecular weight is 215 g/mol. The molecule has 0 aliphatic rings. The molecule has 1 aromatic heterocycles. The summed E-state index contributed by atoms with van der Waals surface area (Å²) in [5.74, 6) is 0.590. The van der Waals surface area contributed by atoms with E-state index in [2.05, 4.69) is 15.6 Å². The molecule has 0 unspecified atom stereocenters. The Bertz CT molecular complexity index is 537. The van der Waals surface area contributed by atoms with Crippen molar-refractivity contribution in [2.75, 3.05) is 19.4 Å². The zero-order chi connectivity index (χ0) is 11.5. The molecule has 0 radical (unpaired) electrons. The molecule has 0 atom stereocenters. The fourth-order valence-electron chi connectivity index (χ4n) is 1.63. The fraction of sp³-hybridized carbons (Fsp3) is 0.167. The Kier molecular flexibility index (Phi) is 2.72. The van der Waals surface area contributed by atoms with Crippen molar-refractivity contribution in [3.63, 3.8) is 0 Å². The van der Waals surface area contributed by atoms with E-state index >= 15 is 0 Å². The summed E-state index contributed by atoms with van der Waals surface area (Å²) >= 11 is 0. The Morgan fingerprint density at radius 2 is 2.00 bits per heavy atom. The van der Waals surface area contributed by atoms with Crippen LogP contribution >= 0.6 is 0 Å². The largest absolute Gasteiger partial charge is 0.373 e. The predicted molar refractivity (Wildman–Crippen MR) is 64.7 cm³/mol. The highest BCUT2D eigenvalue weighted by molar-refractivity contribution is 6.06. The van der Waals surface area contributed by atoms with E-state index in [1.807, 2.05) is 24.3 Å². The van der Waals surface area contributed by atoms with Crippen LogP contribution in [0, 0.1) is 0 Å². The lowest BCUT2D eigenvalue weighted by Crippen LogP contribution is -2.18. The second kappa shape index (κ2) is 4.18. The van der Waals surface area contributed by atoms with Gasteiger partial charge in [0.15, 0.2) is 0 Å². The van der Waals surface area contributed by atoms with Crippen LogP contribution in [0.2, 0.25) is 0 Å². The number of fused-ring (bicyclic) bond motifs is 1. The first-order valence-electron chi connectivity index (χ1n) is 5.06. The molecule has 4 heteroatoms. The third-order valence-corrected chi connectivity index (χ3v) is 2.44. The Morgan fingerprint density at radius 1 is 1.25 bits per heavy atom. The summed E-state index contributed by atoms with van der Waals surface area (Å²) in [4.78, 5) is 16.1. The van der Waals surface area contributed by atoms with Crippen LogP contribution in [-0.4, -0.2) is 25.0 Å². The van der Waals surface area contributed by atoms with Crippen molar-refractivity contribution in [2.24, 2.45) is 0 Å². The normalized spacial score (nSPS) is 10.1. The molecular formula is C12H13N3O. The van der Waals surface area contributed by atoms with Crippen LogP contribution in [0.1, 0.15) is 10.4 Å². The van der Waals surface area contributed by atoms with Crippen molar-refractivity contribution in [2.45, 2.75) is 0 Å². The molecule has 0 aliphatic heterocycles. The summed E-state index contributed by atoms with van der Waals surface area (Å²) in [5, 5.41) is 6.44. The van der Waals surface area contributed by atoms with E-state index in [9.17, 15) is 4.79 Å².